The van der Waals surface area contributed by atoms with E-state index in [0.29, 0.717) is 5.56 Å². The Morgan fingerprint density at radius 2 is 2.42 bits per heavy atom. The molecule has 2 rings (SSSR count). The number of rotatable bonds is 4. The van der Waals surface area contributed by atoms with Gasteiger partial charge in [-0.3, -0.25) is 4.79 Å². The molecule has 0 aliphatic carbocycles. The summed E-state index contributed by atoms with van der Waals surface area (Å²) in [6.45, 7) is 0.849. The molecule has 4 nitrogen and oxygen atoms in total. The fourth-order valence-corrected chi connectivity index (χ4v) is 2.37. The summed E-state index contributed by atoms with van der Waals surface area (Å²) in [5.74, 6) is -0.684. The molecule has 1 aromatic rings. The molecule has 0 saturated carbocycles. The first-order valence-electron chi connectivity index (χ1n) is 6.10. The fourth-order valence-electron chi connectivity index (χ4n) is 2.17. The van der Waals surface area contributed by atoms with Crippen LogP contribution in [0.15, 0.2) is 18.2 Å². The molecule has 1 saturated heterocycles. The molecule has 0 spiro atoms. The van der Waals surface area contributed by atoms with Crippen molar-refractivity contribution in [2.24, 2.45) is 0 Å². The molecule has 2 unspecified atom stereocenters. The Morgan fingerprint density at radius 3 is 3.16 bits per heavy atom. The van der Waals surface area contributed by atoms with Crippen LogP contribution >= 0.6 is 11.6 Å². The van der Waals surface area contributed by atoms with Gasteiger partial charge >= 0.3 is 0 Å². The summed E-state index contributed by atoms with van der Waals surface area (Å²) >= 11 is 5.68. The van der Waals surface area contributed by atoms with Crippen LogP contribution < -0.4 is 10.6 Å². The molecule has 104 valence electrons. The number of nitrogens with one attached hydrogen (secondary N) is 2. The molecule has 1 aliphatic rings. The van der Waals surface area contributed by atoms with Crippen LogP contribution in [0.4, 0.5) is 4.39 Å². The zero-order chi connectivity index (χ0) is 13.8. The van der Waals surface area contributed by atoms with E-state index < -0.39 is 5.82 Å². The van der Waals surface area contributed by atoms with Gasteiger partial charge in [0.05, 0.1) is 11.1 Å². The lowest BCUT2D eigenvalue weighted by atomic mass is 10.1. The highest BCUT2D eigenvalue weighted by atomic mass is 35.5. The van der Waals surface area contributed by atoms with Gasteiger partial charge in [0.25, 0.3) is 0 Å². The van der Waals surface area contributed by atoms with Crippen LogP contribution in [0.3, 0.4) is 0 Å². The number of halogens is 2. The Morgan fingerprint density at radius 1 is 1.63 bits per heavy atom. The molecule has 0 radical (unpaired) electrons. The largest absolute Gasteiger partial charge is 0.379 e. The van der Waals surface area contributed by atoms with Crippen molar-refractivity contribution in [1.29, 1.82) is 0 Å². The van der Waals surface area contributed by atoms with E-state index in [1.807, 2.05) is 0 Å². The summed E-state index contributed by atoms with van der Waals surface area (Å²) in [5, 5.41) is 5.81. The van der Waals surface area contributed by atoms with Crippen LogP contribution in [0.25, 0.3) is 0 Å². The number of methoxy groups -OCH3 is 1. The number of carbonyl (C=O) groups excluding carboxylic acids is 1. The standard InChI is InChI=1S/C13H16ClFN2O2/c1-19-10-5-6-16-12(10)13(18)17-7-8-3-2-4-9(14)11(8)15/h2-4,10,12,16H,5-7H2,1H3,(H,17,18). The van der Waals surface area contributed by atoms with Gasteiger partial charge in [0.1, 0.15) is 11.9 Å². The van der Waals surface area contributed by atoms with Crippen molar-refractivity contribution < 1.29 is 13.9 Å². The van der Waals surface area contributed by atoms with Crippen molar-refractivity contribution in [2.75, 3.05) is 13.7 Å². The lowest BCUT2D eigenvalue weighted by Crippen LogP contribution is -2.46. The average molecular weight is 287 g/mol. The Balaban J connectivity index is 1.95. The SMILES string of the molecule is COC1CCNC1C(=O)NCc1cccc(Cl)c1F. The van der Waals surface area contributed by atoms with E-state index in [1.165, 1.54) is 6.07 Å². The molecule has 1 aromatic carbocycles. The van der Waals surface area contributed by atoms with Crippen molar-refractivity contribution in [3.05, 3.63) is 34.6 Å². The second-order valence-corrected chi connectivity index (χ2v) is 4.83. The first-order valence-corrected chi connectivity index (χ1v) is 6.48. The maximum absolute atomic E-state index is 13.6. The van der Waals surface area contributed by atoms with Crippen molar-refractivity contribution in [3.8, 4) is 0 Å². The molecule has 0 aromatic heterocycles. The Kier molecular flexibility index (Phi) is 4.74. The Bertz CT molecular complexity index is 470. The number of hydrogen-bond donors (Lipinski definition) is 2. The van der Waals surface area contributed by atoms with Crippen LogP contribution in [0.1, 0.15) is 12.0 Å². The molecule has 0 bridgehead atoms. The minimum atomic E-state index is -0.493. The number of ether oxygens (including phenoxy) is 1. The summed E-state index contributed by atoms with van der Waals surface area (Å²) in [5.41, 5.74) is 0.368. The maximum atomic E-state index is 13.6. The summed E-state index contributed by atoms with van der Waals surface area (Å²) in [7, 11) is 1.58. The third kappa shape index (κ3) is 3.23. The first-order chi connectivity index (χ1) is 9.13. The van der Waals surface area contributed by atoms with Gasteiger partial charge in [-0.25, -0.2) is 4.39 Å². The van der Waals surface area contributed by atoms with Crippen molar-refractivity contribution in [2.45, 2.75) is 25.1 Å². The highest BCUT2D eigenvalue weighted by Gasteiger charge is 2.32. The third-order valence-corrected chi connectivity index (χ3v) is 3.53. The molecule has 19 heavy (non-hydrogen) atoms. The van der Waals surface area contributed by atoms with Crippen LogP contribution in [0, 0.1) is 5.82 Å². The van der Waals surface area contributed by atoms with E-state index in [0.717, 1.165) is 13.0 Å². The molecule has 2 N–H and O–H groups in total. The highest BCUT2D eigenvalue weighted by molar-refractivity contribution is 6.30. The fraction of sp³-hybridized carbons (Fsp3) is 0.462. The molecule has 1 heterocycles. The first kappa shape index (κ1) is 14.2. The summed E-state index contributed by atoms with van der Waals surface area (Å²) in [4.78, 5) is 12.0. The minimum Gasteiger partial charge on any atom is -0.379 e. The molecule has 2 atom stereocenters. The van der Waals surface area contributed by atoms with Gasteiger partial charge in [-0.15, -0.1) is 0 Å². The molecular formula is C13H16ClFN2O2. The Hall–Kier alpha value is -1.17. The zero-order valence-corrected chi connectivity index (χ0v) is 11.3. The molecular weight excluding hydrogens is 271 g/mol. The van der Waals surface area contributed by atoms with Crippen molar-refractivity contribution >= 4 is 17.5 Å². The van der Waals surface area contributed by atoms with Crippen LogP contribution in [-0.2, 0) is 16.1 Å². The summed E-state index contributed by atoms with van der Waals surface area (Å²) in [6, 6.07) is 4.34. The third-order valence-electron chi connectivity index (χ3n) is 3.23. The monoisotopic (exact) mass is 286 g/mol. The number of benzene rings is 1. The normalized spacial score (nSPS) is 22.5. The number of hydrogen-bond acceptors (Lipinski definition) is 3. The number of carbonyl (C=O) groups is 1. The van der Waals surface area contributed by atoms with E-state index in [4.69, 9.17) is 16.3 Å². The van der Waals surface area contributed by atoms with Gasteiger partial charge in [0.15, 0.2) is 0 Å². The van der Waals surface area contributed by atoms with Gasteiger partial charge in [0.2, 0.25) is 5.91 Å². The molecule has 6 heteroatoms. The van der Waals surface area contributed by atoms with Crippen LogP contribution in [-0.4, -0.2) is 31.7 Å². The van der Waals surface area contributed by atoms with E-state index in [9.17, 15) is 9.18 Å². The predicted molar refractivity (Wildman–Crippen MR) is 70.5 cm³/mol. The van der Waals surface area contributed by atoms with E-state index in [1.54, 1.807) is 19.2 Å². The Labute approximate surface area is 116 Å². The predicted octanol–water partition coefficient (Wildman–Crippen LogP) is 1.47. The van der Waals surface area contributed by atoms with Crippen LogP contribution in [0.5, 0.6) is 0 Å². The topological polar surface area (TPSA) is 50.4 Å². The molecule has 1 amide bonds. The second-order valence-electron chi connectivity index (χ2n) is 4.43. The van der Waals surface area contributed by atoms with Crippen molar-refractivity contribution in [1.82, 2.24) is 10.6 Å². The zero-order valence-electron chi connectivity index (χ0n) is 10.6. The van der Waals surface area contributed by atoms with Crippen LogP contribution in [0.2, 0.25) is 5.02 Å². The maximum Gasteiger partial charge on any atom is 0.240 e. The van der Waals surface area contributed by atoms with E-state index >= 15 is 0 Å². The minimum absolute atomic E-state index is 0.0560. The quantitative estimate of drug-likeness (QED) is 0.881. The van der Waals surface area contributed by atoms with Gasteiger partial charge in [0, 0.05) is 19.2 Å². The van der Waals surface area contributed by atoms with Gasteiger partial charge in [-0.2, -0.15) is 0 Å². The highest BCUT2D eigenvalue weighted by Crippen LogP contribution is 2.18. The van der Waals surface area contributed by atoms with E-state index in [-0.39, 0.29) is 29.6 Å². The lowest BCUT2D eigenvalue weighted by Gasteiger charge is -2.17. The van der Waals surface area contributed by atoms with Gasteiger partial charge in [-0.05, 0) is 19.0 Å². The van der Waals surface area contributed by atoms with Crippen molar-refractivity contribution in [3.63, 3.8) is 0 Å². The van der Waals surface area contributed by atoms with Gasteiger partial charge < -0.3 is 15.4 Å². The molecule has 1 fully saturated rings. The number of amides is 1. The summed E-state index contributed by atoms with van der Waals surface area (Å²) in [6.07, 6.45) is 0.657. The second kappa shape index (κ2) is 6.32. The smallest absolute Gasteiger partial charge is 0.240 e. The van der Waals surface area contributed by atoms with Gasteiger partial charge in [-0.1, -0.05) is 23.7 Å². The average Bonchev–Trinajstić information content (AvgIpc) is 2.88. The van der Waals surface area contributed by atoms with E-state index in [2.05, 4.69) is 10.6 Å². The lowest BCUT2D eigenvalue weighted by molar-refractivity contribution is -0.125. The summed E-state index contributed by atoms with van der Waals surface area (Å²) < 4.78 is 18.9. The molecule has 1 aliphatic heterocycles.